The molecule has 3 unspecified atom stereocenters. The lowest BCUT2D eigenvalue weighted by Crippen LogP contribution is -2.17. The van der Waals surface area contributed by atoms with E-state index in [1.54, 1.807) is 6.08 Å². The Morgan fingerprint density at radius 2 is 1.85 bits per heavy atom. The minimum absolute atomic E-state index is 0.00679. The van der Waals surface area contributed by atoms with Crippen LogP contribution in [-0.4, -0.2) is 17.9 Å². The lowest BCUT2D eigenvalue weighted by Gasteiger charge is -2.15. The van der Waals surface area contributed by atoms with Gasteiger partial charge >= 0.3 is 5.97 Å². The summed E-state index contributed by atoms with van der Waals surface area (Å²) >= 11 is 9.53. The first-order valence-electron chi connectivity index (χ1n) is 8.59. The van der Waals surface area contributed by atoms with E-state index in [9.17, 15) is 4.79 Å². The molecule has 1 aliphatic rings. The molecule has 3 atom stereocenters. The minimum Gasteiger partial charge on any atom is -0.465 e. The van der Waals surface area contributed by atoms with Crippen LogP contribution in [0.4, 0.5) is 0 Å². The fourth-order valence-electron chi connectivity index (χ4n) is 2.88. The van der Waals surface area contributed by atoms with Gasteiger partial charge in [-0.15, -0.1) is 29.8 Å². The maximum atomic E-state index is 12.1. The van der Waals surface area contributed by atoms with E-state index >= 15 is 0 Å². The van der Waals surface area contributed by atoms with Crippen molar-refractivity contribution in [2.45, 2.75) is 27.2 Å². The summed E-state index contributed by atoms with van der Waals surface area (Å²) in [6.07, 6.45) is 2.36. The summed E-state index contributed by atoms with van der Waals surface area (Å²) in [6.45, 7) is 14.4. The highest BCUT2D eigenvalue weighted by Crippen LogP contribution is 2.58. The number of para-hydroxylation sites is 1. The molecule has 0 heterocycles. The fraction of sp³-hybridized carbons (Fsp3) is 0.476. The largest absolute Gasteiger partial charge is 0.465 e. The van der Waals surface area contributed by atoms with Crippen molar-refractivity contribution in [3.8, 4) is 5.75 Å². The topological polar surface area (TPSA) is 35.5 Å². The summed E-state index contributed by atoms with van der Waals surface area (Å²) in [7, 11) is 0. The SMILES string of the molecule is C=CC(COC(=O)C1C(C)C1(C)C)CC(=C)Oc1ccccc1.ClCCl. The number of carbonyl (C=O) groups is 1. The van der Waals surface area contributed by atoms with Crippen LogP contribution in [0, 0.1) is 23.2 Å². The molecule has 1 aromatic carbocycles. The van der Waals surface area contributed by atoms with Gasteiger partial charge < -0.3 is 9.47 Å². The summed E-state index contributed by atoms with van der Waals surface area (Å²) in [5.74, 6) is 1.68. The Labute approximate surface area is 167 Å². The van der Waals surface area contributed by atoms with Crippen LogP contribution in [0.5, 0.6) is 5.75 Å². The number of rotatable bonds is 8. The molecule has 0 aliphatic heterocycles. The highest BCUT2D eigenvalue weighted by molar-refractivity contribution is 6.40. The molecule has 0 aromatic heterocycles. The van der Waals surface area contributed by atoms with Gasteiger partial charge in [0, 0.05) is 12.3 Å². The van der Waals surface area contributed by atoms with E-state index in [1.807, 2.05) is 30.3 Å². The van der Waals surface area contributed by atoms with Gasteiger partial charge in [0.1, 0.15) is 5.75 Å². The monoisotopic (exact) mass is 398 g/mol. The highest BCUT2D eigenvalue weighted by atomic mass is 35.5. The Hall–Kier alpha value is -1.45. The summed E-state index contributed by atoms with van der Waals surface area (Å²) in [5, 5.41) is 0.194. The molecule has 26 heavy (non-hydrogen) atoms. The van der Waals surface area contributed by atoms with Gasteiger partial charge in [0.05, 0.1) is 23.6 Å². The van der Waals surface area contributed by atoms with Gasteiger partial charge in [-0.3, -0.25) is 4.79 Å². The molecular formula is C21H28Cl2O3. The maximum absolute atomic E-state index is 12.1. The number of esters is 1. The summed E-state index contributed by atoms with van der Waals surface area (Å²) in [5.41, 5.74) is 0.0563. The summed E-state index contributed by atoms with van der Waals surface area (Å²) in [6, 6.07) is 9.51. The number of hydrogen-bond acceptors (Lipinski definition) is 3. The zero-order chi connectivity index (χ0) is 19.7. The lowest BCUT2D eigenvalue weighted by atomic mass is 10.1. The molecule has 0 N–H and O–H groups in total. The van der Waals surface area contributed by atoms with Gasteiger partial charge in [-0.25, -0.2) is 0 Å². The van der Waals surface area contributed by atoms with Crippen molar-refractivity contribution >= 4 is 29.2 Å². The van der Waals surface area contributed by atoms with Crippen molar-refractivity contribution in [2.75, 3.05) is 11.9 Å². The van der Waals surface area contributed by atoms with Gasteiger partial charge in [-0.2, -0.15) is 0 Å². The van der Waals surface area contributed by atoms with Crippen molar-refractivity contribution < 1.29 is 14.3 Å². The third kappa shape index (κ3) is 6.69. The van der Waals surface area contributed by atoms with E-state index < -0.39 is 0 Å². The first kappa shape index (κ1) is 22.6. The second kappa shape index (κ2) is 10.6. The molecule has 1 saturated carbocycles. The van der Waals surface area contributed by atoms with Crippen molar-refractivity contribution in [3.63, 3.8) is 0 Å². The molecule has 0 spiro atoms. The van der Waals surface area contributed by atoms with Gasteiger partial charge in [-0.1, -0.05) is 51.6 Å². The normalized spacial score (nSPS) is 20.8. The van der Waals surface area contributed by atoms with Crippen LogP contribution in [0.25, 0.3) is 0 Å². The molecule has 2 rings (SSSR count). The number of alkyl halides is 2. The molecule has 0 radical (unpaired) electrons. The Morgan fingerprint density at radius 3 is 2.31 bits per heavy atom. The van der Waals surface area contributed by atoms with E-state index in [2.05, 4.69) is 33.9 Å². The fourth-order valence-corrected chi connectivity index (χ4v) is 2.88. The van der Waals surface area contributed by atoms with E-state index in [0.29, 0.717) is 24.7 Å². The number of ether oxygens (including phenoxy) is 2. The smallest absolute Gasteiger partial charge is 0.309 e. The zero-order valence-electron chi connectivity index (χ0n) is 15.7. The minimum atomic E-state index is -0.107. The van der Waals surface area contributed by atoms with Gasteiger partial charge in [0.15, 0.2) is 0 Å². The average Bonchev–Trinajstić information content (AvgIpc) is 3.10. The van der Waals surface area contributed by atoms with Crippen molar-refractivity contribution in [1.82, 2.24) is 0 Å². The molecule has 0 saturated heterocycles. The van der Waals surface area contributed by atoms with Crippen LogP contribution in [0.2, 0.25) is 0 Å². The van der Waals surface area contributed by atoms with Crippen LogP contribution in [-0.2, 0) is 9.53 Å². The number of allylic oxidation sites excluding steroid dienone is 1. The molecule has 1 aromatic rings. The quantitative estimate of drug-likeness (QED) is 0.232. The van der Waals surface area contributed by atoms with E-state index in [0.717, 1.165) is 5.75 Å². The van der Waals surface area contributed by atoms with Crippen molar-refractivity contribution in [2.24, 2.45) is 23.2 Å². The van der Waals surface area contributed by atoms with E-state index in [-0.39, 0.29) is 28.6 Å². The second-order valence-electron chi connectivity index (χ2n) is 6.97. The van der Waals surface area contributed by atoms with Crippen molar-refractivity contribution in [3.05, 3.63) is 55.3 Å². The first-order valence-corrected chi connectivity index (χ1v) is 9.66. The zero-order valence-corrected chi connectivity index (χ0v) is 17.2. The molecule has 0 bridgehead atoms. The number of carbonyl (C=O) groups excluding carboxylic acids is 1. The Balaban J connectivity index is 0.00000105. The first-order chi connectivity index (χ1) is 12.3. The highest BCUT2D eigenvalue weighted by Gasteiger charge is 2.59. The van der Waals surface area contributed by atoms with Crippen LogP contribution < -0.4 is 4.74 Å². The van der Waals surface area contributed by atoms with Gasteiger partial charge in [0.2, 0.25) is 0 Å². The predicted molar refractivity (Wildman–Crippen MR) is 108 cm³/mol. The second-order valence-corrected chi connectivity index (χ2v) is 7.78. The Bertz CT molecular complexity index is 599. The van der Waals surface area contributed by atoms with Gasteiger partial charge in [0.25, 0.3) is 0 Å². The van der Waals surface area contributed by atoms with Gasteiger partial charge in [-0.05, 0) is 23.5 Å². The van der Waals surface area contributed by atoms with Crippen LogP contribution >= 0.6 is 23.2 Å². The Morgan fingerprint density at radius 1 is 1.31 bits per heavy atom. The lowest BCUT2D eigenvalue weighted by molar-refractivity contribution is -0.147. The molecule has 5 heteroatoms. The summed E-state index contributed by atoms with van der Waals surface area (Å²) < 4.78 is 11.1. The molecule has 1 fully saturated rings. The number of hydrogen-bond donors (Lipinski definition) is 0. The van der Waals surface area contributed by atoms with E-state index in [4.69, 9.17) is 32.7 Å². The van der Waals surface area contributed by atoms with Crippen LogP contribution in [0.3, 0.4) is 0 Å². The average molecular weight is 399 g/mol. The van der Waals surface area contributed by atoms with E-state index in [1.165, 1.54) is 0 Å². The van der Waals surface area contributed by atoms with Crippen molar-refractivity contribution in [1.29, 1.82) is 0 Å². The number of halogens is 2. The summed E-state index contributed by atoms with van der Waals surface area (Å²) in [4.78, 5) is 12.1. The molecule has 144 valence electrons. The molecule has 3 nitrogen and oxygen atoms in total. The van der Waals surface area contributed by atoms with Crippen LogP contribution in [0.15, 0.2) is 55.3 Å². The molecule has 0 amide bonds. The standard InChI is InChI=1S/C20H26O3.CH2Cl2/c1-6-16(12-14(2)23-17-10-8-7-9-11-17)13-22-19(21)18-15(3)20(18,4)5;2-1-3/h6-11,15-16,18H,1-2,12-13H2,3-5H3;1H2. The molecular weight excluding hydrogens is 371 g/mol. The Kier molecular flexibility index (Phi) is 9.24. The third-order valence-electron chi connectivity index (χ3n) is 4.89. The maximum Gasteiger partial charge on any atom is 0.309 e. The molecule has 1 aliphatic carbocycles. The number of benzene rings is 1. The third-order valence-corrected chi connectivity index (χ3v) is 4.89. The predicted octanol–water partition coefficient (Wildman–Crippen LogP) is 6.03. The van der Waals surface area contributed by atoms with Crippen LogP contribution in [0.1, 0.15) is 27.2 Å².